The van der Waals surface area contributed by atoms with Gasteiger partial charge in [0.25, 0.3) is 0 Å². The van der Waals surface area contributed by atoms with Gasteiger partial charge in [-0.1, -0.05) is 0 Å². The normalized spacial score (nSPS) is 9.93. The molecule has 2 aromatic rings. The second kappa shape index (κ2) is 3.91. The lowest BCUT2D eigenvalue weighted by molar-refractivity contribution is 0.111. The van der Waals surface area contributed by atoms with Crippen molar-refractivity contribution in [3.8, 4) is 11.6 Å². The van der Waals surface area contributed by atoms with Crippen molar-refractivity contribution in [1.29, 1.82) is 0 Å². The van der Waals surface area contributed by atoms with Crippen molar-refractivity contribution >= 4 is 6.29 Å². The summed E-state index contributed by atoms with van der Waals surface area (Å²) in [6, 6.07) is 3.32. The minimum atomic E-state index is 0.338. The minimum absolute atomic E-state index is 0.338. The van der Waals surface area contributed by atoms with E-state index in [2.05, 4.69) is 19.9 Å². The molecule has 0 saturated heterocycles. The van der Waals surface area contributed by atoms with Gasteiger partial charge in [0.2, 0.25) is 0 Å². The average Bonchev–Trinajstić information content (AvgIpc) is 2.29. The van der Waals surface area contributed by atoms with Crippen molar-refractivity contribution in [2.75, 3.05) is 0 Å². The van der Waals surface area contributed by atoms with Gasteiger partial charge in [-0.3, -0.25) is 4.79 Å². The first-order valence-corrected chi connectivity index (χ1v) is 4.38. The Hall–Kier alpha value is -2.17. The highest BCUT2D eigenvalue weighted by Crippen LogP contribution is 2.08. The van der Waals surface area contributed by atoms with Crippen LogP contribution in [0.15, 0.2) is 24.5 Å². The maximum Gasteiger partial charge on any atom is 0.198 e. The molecule has 0 aromatic carbocycles. The second-order valence-electron chi connectivity index (χ2n) is 2.95. The quantitative estimate of drug-likeness (QED) is 0.678. The molecule has 0 saturated carbocycles. The molecule has 0 N–H and O–H groups in total. The van der Waals surface area contributed by atoms with E-state index >= 15 is 0 Å². The molecule has 0 spiro atoms. The number of nitrogens with zero attached hydrogens (tertiary/aromatic N) is 4. The van der Waals surface area contributed by atoms with Crippen LogP contribution in [0.4, 0.5) is 0 Å². The van der Waals surface area contributed by atoms with Crippen molar-refractivity contribution in [2.45, 2.75) is 6.92 Å². The number of hydrogen-bond donors (Lipinski definition) is 0. The van der Waals surface area contributed by atoms with Crippen LogP contribution in [0.3, 0.4) is 0 Å². The molecule has 2 heterocycles. The molecule has 0 amide bonds. The van der Waals surface area contributed by atoms with E-state index in [-0.39, 0.29) is 0 Å². The molecule has 0 atom stereocenters. The second-order valence-corrected chi connectivity index (χ2v) is 2.95. The van der Waals surface area contributed by atoms with E-state index in [0.717, 1.165) is 5.69 Å². The zero-order chi connectivity index (χ0) is 10.7. The fourth-order valence-corrected chi connectivity index (χ4v) is 1.17. The van der Waals surface area contributed by atoms with Gasteiger partial charge in [-0.2, -0.15) is 0 Å². The number of aryl methyl sites for hydroxylation is 1. The van der Waals surface area contributed by atoms with Gasteiger partial charge < -0.3 is 0 Å². The summed E-state index contributed by atoms with van der Waals surface area (Å²) in [5.74, 6) is 0.794. The molecule has 5 nitrogen and oxygen atoms in total. The molecular formula is C10H8N4O. The van der Waals surface area contributed by atoms with Crippen molar-refractivity contribution in [3.05, 3.63) is 35.9 Å². The monoisotopic (exact) mass is 200 g/mol. The van der Waals surface area contributed by atoms with Gasteiger partial charge in [-0.25, -0.2) is 19.9 Å². The average molecular weight is 200 g/mol. The maximum absolute atomic E-state index is 10.6. The largest absolute Gasteiger partial charge is 0.296 e. The fraction of sp³-hybridized carbons (Fsp3) is 0.100. The van der Waals surface area contributed by atoms with Gasteiger partial charge in [0.1, 0.15) is 5.69 Å². The predicted octanol–water partition coefficient (Wildman–Crippen LogP) is 1.05. The molecule has 74 valence electrons. The van der Waals surface area contributed by atoms with E-state index in [0.29, 0.717) is 23.6 Å². The van der Waals surface area contributed by atoms with Gasteiger partial charge in [-0.15, -0.1) is 0 Å². The van der Waals surface area contributed by atoms with Crippen LogP contribution in [0.2, 0.25) is 0 Å². The first-order valence-electron chi connectivity index (χ1n) is 4.38. The highest BCUT2D eigenvalue weighted by molar-refractivity contribution is 5.72. The molecule has 0 aliphatic rings. The van der Waals surface area contributed by atoms with Crippen LogP contribution >= 0.6 is 0 Å². The Morgan fingerprint density at radius 1 is 1.13 bits per heavy atom. The van der Waals surface area contributed by atoms with Crippen LogP contribution in [0.1, 0.15) is 16.2 Å². The molecule has 15 heavy (non-hydrogen) atoms. The van der Waals surface area contributed by atoms with Crippen LogP contribution in [0.25, 0.3) is 11.6 Å². The van der Waals surface area contributed by atoms with Crippen LogP contribution in [-0.4, -0.2) is 26.2 Å². The summed E-state index contributed by atoms with van der Waals surface area (Å²) < 4.78 is 0. The molecule has 0 aliphatic heterocycles. The van der Waals surface area contributed by atoms with E-state index in [1.54, 1.807) is 31.5 Å². The Morgan fingerprint density at radius 3 is 2.53 bits per heavy atom. The van der Waals surface area contributed by atoms with Crippen LogP contribution in [0, 0.1) is 6.92 Å². The summed E-state index contributed by atoms with van der Waals surface area (Å²) in [6.07, 6.45) is 3.89. The van der Waals surface area contributed by atoms with Crippen molar-refractivity contribution in [2.24, 2.45) is 0 Å². The van der Waals surface area contributed by atoms with E-state index < -0.39 is 0 Å². The van der Waals surface area contributed by atoms with Gasteiger partial charge >= 0.3 is 0 Å². The van der Waals surface area contributed by atoms with Crippen molar-refractivity contribution in [1.82, 2.24) is 19.9 Å². The van der Waals surface area contributed by atoms with Gasteiger partial charge in [-0.05, 0) is 19.1 Å². The van der Waals surface area contributed by atoms with E-state index in [4.69, 9.17) is 0 Å². The summed E-state index contributed by atoms with van der Waals surface area (Å²) in [5.41, 5.74) is 1.06. The van der Waals surface area contributed by atoms with Crippen LogP contribution in [-0.2, 0) is 0 Å². The molecule has 5 heteroatoms. The van der Waals surface area contributed by atoms with Crippen molar-refractivity contribution in [3.63, 3.8) is 0 Å². The number of carbonyl (C=O) groups excluding carboxylic acids is 1. The summed E-state index contributed by atoms with van der Waals surface area (Å²) in [6.45, 7) is 1.79. The lowest BCUT2D eigenvalue weighted by atomic mass is 10.3. The zero-order valence-corrected chi connectivity index (χ0v) is 8.08. The molecule has 2 aromatic heterocycles. The Morgan fingerprint density at radius 2 is 1.87 bits per heavy atom. The standard InChI is InChI=1S/C10H8N4O/c1-7-5-8(6-15)14-10(13-7)9-11-3-2-4-12-9/h2-6H,1H3. The molecule has 0 bridgehead atoms. The van der Waals surface area contributed by atoms with Gasteiger partial charge in [0, 0.05) is 18.1 Å². The van der Waals surface area contributed by atoms with E-state index in [1.165, 1.54) is 0 Å². The smallest absolute Gasteiger partial charge is 0.198 e. The SMILES string of the molecule is Cc1cc(C=O)nc(-c2ncccn2)n1. The lowest BCUT2D eigenvalue weighted by Gasteiger charge is -1.99. The first kappa shape index (κ1) is 9.39. The number of aldehydes is 1. The first-order chi connectivity index (χ1) is 7.29. The molecule has 0 aliphatic carbocycles. The third-order valence-corrected chi connectivity index (χ3v) is 1.76. The maximum atomic E-state index is 10.6. The van der Waals surface area contributed by atoms with Gasteiger partial charge in [0.15, 0.2) is 17.9 Å². The van der Waals surface area contributed by atoms with Gasteiger partial charge in [0.05, 0.1) is 0 Å². The molecule has 0 radical (unpaired) electrons. The zero-order valence-electron chi connectivity index (χ0n) is 8.08. The van der Waals surface area contributed by atoms with Crippen LogP contribution in [0.5, 0.6) is 0 Å². The summed E-state index contributed by atoms with van der Waals surface area (Å²) >= 11 is 0. The highest BCUT2D eigenvalue weighted by atomic mass is 16.1. The number of rotatable bonds is 2. The predicted molar refractivity (Wildman–Crippen MR) is 53.2 cm³/mol. The van der Waals surface area contributed by atoms with Crippen molar-refractivity contribution < 1.29 is 4.79 Å². The number of hydrogen-bond acceptors (Lipinski definition) is 5. The van der Waals surface area contributed by atoms with E-state index in [1.807, 2.05) is 0 Å². The third kappa shape index (κ3) is 2.01. The molecule has 0 fully saturated rings. The Labute approximate surface area is 86.3 Å². The Bertz CT molecular complexity index is 484. The summed E-state index contributed by atoms with van der Waals surface area (Å²) in [5, 5.41) is 0. The highest BCUT2D eigenvalue weighted by Gasteiger charge is 2.06. The number of carbonyl (C=O) groups is 1. The Balaban J connectivity index is 2.53. The lowest BCUT2D eigenvalue weighted by Crippen LogP contribution is -1.99. The Kier molecular flexibility index (Phi) is 2.45. The fourth-order valence-electron chi connectivity index (χ4n) is 1.17. The minimum Gasteiger partial charge on any atom is -0.296 e. The summed E-state index contributed by atoms with van der Waals surface area (Å²) in [4.78, 5) is 26.8. The molecule has 2 rings (SSSR count). The van der Waals surface area contributed by atoms with Crippen LogP contribution < -0.4 is 0 Å². The topological polar surface area (TPSA) is 68.6 Å². The molecule has 0 unspecified atom stereocenters. The number of aromatic nitrogens is 4. The van der Waals surface area contributed by atoms with E-state index in [9.17, 15) is 4.79 Å². The third-order valence-electron chi connectivity index (χ3n) is 1.76. The summed E-state index contributed by atoms with van der Waals surface area (Å²) in [7, 11) is 0. The molecular weight excluding hydrogens is 192 g/mol.